The van der Waals surface area contributed by atoms with Gasteiger partial charge in [-0.05, 0) is 56.2 Å². The van der Waals surface area contributed by atoms with Crippen molar-refractivity contribution in [2.75, 3.05) is 0 Å². The van der Waals surface area contributed by atoms with Crippen LogP contribution in [0.5, 0.6) is 5.75 Å². The zero-order valence-electron chi connectivity index (χ0n) is 20.5. The van der Waals surface area contributed by atoms with Crippen molar-refractivity contribution in [3.63, 3.8) is 0 Å². The molecule has 0 radical (unpaired) electrons. The number of para-hydroxylation sites is 1. The second-order valence-electron chi connectivity index (χ2n) is 9.56. The second kappa shape index (κ2) is 8.37. The van der Waals surface area contributed by atoms with E-state index in [1.54, 1.807) is 18.3 Å². The number of nitro groups is 1. The number of aryl methyl sites for hydroxylation is 1. The van der Waals surface area contributed by atoms with Crippen molar-refractivity contribution in [1.29, 1.82) is 0 Å². The third kappa shape index (κ3) is 3.83. The van der Waals surface area contributed by atoms with Crippen molar-refractivity contribution in [3.8, 4) is 28.1 Å². The fraction of sp³-hybridized carbons (Fsp3) is 0.138. The maximum Gasteiger partial charge on any atom is 0.269 e. The molecule has 0 bridgehead atoms. The van der Waals surface area contributed by atoms with Crippen LogP contribution in [0.4, 0.5) is 11.5 Å². The van der Waals surface area contributed by atoms with Crippen LogP contribution in [0.2, 0.25) is 0 Å². The Morgan fingerprint density at radius 2 is 1.76 bits per heavy atom. The van der Waals surface area contributed by atoms with Gasteiger partial charge in [-0.15, -0.1) is 0 Å². The molecule has 8 nitrogen and oxygen atoms in total. The number of aliphatic imine (C=N–C) groups is 1. The van der Waals surface area contributed by atoms with Gasteiger partial charge in [-0.2, -0.15) is 5.10 Å². The molecule has 6 rings (SSSR count). The van der Waals surface area contributed by atoms with Gasteiger partial charge in [0, 0.05) is 35.0 Å². The molecule has 1 N–H and O–H groups in total. The third-order valence-corrected chi connectivity index (χ3v) is 6.58. The number of non-ortho nitro benzene ring substituents is 1. The summed E-state index contributed by atoms with van der Waals surface area (Å²) in [6, 6.07) is 22.5. The Labute approximate surface area is 212 Å². The molecule has 37 heavy (non-hydrogen) atoms. The van der Waals surface area contributed by atoms with Crippen LogP contribution >= 0.6 is 0 Å². The maximum atomic E-state index is 11.0. The third-order valence-electron chi connectivity index (χ3n) is 6.58. The molecule has 0 spiro atoms. The molecule has 0 saturated carbocycles. The van der Waals surface area contributed by atoms with Crippen molar-refractivity contribution in [1.82, 2.24) is 15.2 Å². The molecule has 3 aromatic carbocycles. The Morgan fingerprint density at radius 1 is 1.03 bits per heavy atom. The van der Waals surface area contributed by atoms with Crippen LogP contribution in [0, 0.1) is 17.0 Å². The van der Waals surface area contributed by atoms with Crippen LogP contribution in [-0.2, 0) is 5.60 Å². The van der Waals surface area contributed by atoms with E-state index >= 15 is 0 Å². The lowest BCUT2D eigenvalue weighted by Crippen LogP contribution is -2.30. The molecule has 5 aromatic rings. The molecule has 0 amide bonds. The fourth-order valence-electron chi connectivity index (χ4n) is 4.82. The number of nitrogens with one attached hydrogen (secondary N) is 1. The van der Waals surface area contributed by atoms with Gasteiger partial charge in [0.2, 0.25) is 0 Å². The van der Waals surface area contributed by atoms with E-state index in [9.17, 15) is 10.1 Å². The number of hydrogen-bond acceptors (Lipinski definition) is 6. The van der Waals surface area contributed by atoms with E-state index in [0.717, 1.165) is 50.2 Å². The van der Waals surface area contributed by atoms with E-state index in [-0.39, 0.29) is 5.69 Å². The minimum atomic E-state index is -0.665. The molecule has 0 saturated heterocycles. The second-order valence-corrected chi connectivity index (χ2v) is 9.56. The number of benzene rings is 3. The largest absolute Gasteiger partial charge is 0.482 e. The first-order chi connectivity index (χ1) is 17.8. The minimum absolute atomic E-state index is 0.0300. The summed E-state index contributed by atoms with van der Waals surface area (Å²) in [4.78, 5) is 20.2. The minimum Gasteiger partial charge on any atom is -0.482 e. The molecule has 8 heteroatoms. The highest BCUT2D eigenvalue weighted by molar-refractivity contribution is 6.05. The predicted molar refractivity (Wildman–Crippen MR) is 144 cm³/mol. The van der Waals surface area contributed by atoms with Gasteiger partial charge in [0.1, 0.15) is 11.4 Å². The Bertz CT molecular complexity index is 1700. The summed E-state index contributed by atoms with van der Waals surface area (Å²) < 4.78 is 6.49. The number of fused-ring (bicyclic) bond motifs is 4. The standard InChI is InChI=1S/C29H23N5O3/c1-17-8-12-19(13-9-17)23-24-27(30-16-18-10-14-20(15-11-18)34(35)36)32-33-28(24)31-26-21-6-4-5-7-22(21)37-29(2,3)25(23)26/h4-16H,1-3H3,(H,31,32,33). The first kappa shape index (κ1) is 22.6. The lowest BCUT2D eigenvalue weighted by molar-refractivity contribution is -0.384. The average Bonchev–Trinajstić information content (AvgIpc) is 3.29. The Morgan fingerprint density at radius 3 is 2.49 bits per heavy atom. The number of hydrogen-bond donors (Lipinski definition) is 1. The summed E-state index contributed by atoms with van der Waals surface area (Å²) in [5, 5.41) is 19.3. The number of nitrogens with zero attached hydrogens (tertiary/aromatic N) is 4. The van der Waals surface area contributed by atoms with E-state index in [1.807, 2.05) is 38.1 Å². The van der Waals surface area contributed by atoms with Gasteiger partial charge in [0.25, 0.3) is 5.69 Å². The molecule has 1 aliphatic heterocycles. The van der Waals surface area contributed by atoms with Gasteiger partial charge in [-0.3, -0.25) is 15.2 Å². The van der Waals surface area contributed by atoms with Gasteiger partial charge in [-0.25, -0.2) is 9.98 Å². The van der Waals surface area contributed by atoms with Gasteiger partial charge < -0.3 is 4.74 Å². The van der Waals surface area contributed by atoms with Crippen LogP contribution in [0.3, 0.4) is 0 Å². The molecule has 0 unspecified atom stereocenters. The molecule has 0 fully saturated rings. The SMILES string of the molecule is Cc1ccc(-c2c3c(nc4[nH]nc(N=Cc5ccc([N+](=O)[O-])cc5)c24)-c2ccccc2OC3(C)C)cc1. The summed E-state index contributed by atoms with van der Waals surface area (Å²) >= 11 is 0. The van der Waals surface area contributed by atoms with Crippen molar-refractivity contribution in [2.24, 2.45) is 4.99 Å². The summed E-state index contributed by atoms with van der Waals surface area (Å²) in [7, 11) is 0. The van der Waals surface area contributed by atoms with Crippen LogP contribution in [0.25, 0.3) is 33.4 Å². The number of rotatable bonds is 4. The molecule has 1 aliphatic rings. The molecular formula is C29H23N5O3. The van der Waals surface area contributed by atoms with Crippen molar-refractivity contribution >= 4 is 28.8 Å². The molecule has 182 valence electrons. The van der Waals surface area contributed by atoms with Crippen molar-refractivity contribution in [3.05, 3.63) is 99.6 Å². The fourth-order valence-corrected chi connectivity index (χ4v) is 4.82. The van der Waals surface area contributed by atoms with E-state index in [4.69, 9.17) is 9.72 Å². The molecular weight excluding hydrogens is 466 g/mol. The summed E-state index contributed by atoms with van der Waals surface area (Å²) in [5.41, 5.74) is 6.59. The summed E-state index contributed by atoms with van der Waals surface area (Å²) in [6.07, 6.45) is 1.65. The van der Waals surface area contributed by atoms with E-state index in [1.165, 1.54) is 12.1 Å². The molecule has 0 aliphatic carbocycles. The average molecular weight is 490 g/mol. The Kier molecular flexibility index (Phi) is 5.12. The van der Waals surface area contributed by atoms with Crippen molar-refractivity contribution in [2.45, 2.75) is 26.4 Å². The summed E-state index contributed by atoms with van der Waals surface area (Å²) in [5.74, 6) is 1.27. The van der Waals surface area contributed by atoms with E-state index in [0.29, 0.717) is 11.5 Å². The molecule has 3 heterocycles. The lowest BCUT2D eigenvalue weighted by Gasteiger charge is -2.36. The Balaban J connectivity index is 1.60. The number of pyridine rings is 1. The molecule has 2 aromatic heterocycles. The Hall–Kier alpha value is -4.85. The first-order valence-electron chi connectivity index (χ1n) is 11.9. The van der Waals surface area contributed by atoms with Crippen LogP contribution in [0.15, 0.2) is 77.8 Å². The molecule has 0 atom stereocenters. The van der Waals surface area contributed by atoms with Gasteiger partial charge in [0.15, 0.2) is 11.5 Å². The van der Waals surface area contributed by atoms with E-state index < -0.39 is 10.5 Å². The number of ether oxygens (including phenoxy) is 1. The number of aromatic amines is 1. The quantitative estimate of drug-likeness (QED) is 0.168. The zero-order chi connectivity index (χ0) is 25.7. The van der Waals surface area contributed by atoms with Gasteiger partial charge in [-0.1, -0.05) is 42.0 Å². The van der Waals surface area contributed by atoms with Crippen LogP contribution < -0.4 is 4.74 Å². The number of nitro benzene ring substituents is 1. The normalized spacial score (nSPS) is 13.8. The van der Waals surface area contributed by atoms with Crippen LogP contribution in [0.1, 0.15) is 30.5 Å². The van der Waals surface area contributed by atoms with Gasteiger partial charge in [0.05, 0.1) is 16.0 Å². The zero-order valence-corrected chi connectivity index (χ0v) is 20.5. The summed E-state index contributed by atoms with van der Waals surface area (Å²) in [6.45, 7) is 6.15. The smallest absolute Gasteiger partial charge is 0.269 e. The topological polar surface area (TPSA) is 106 Å². The monoisotopic (exact) mass is 489 g/mol. The maximum absolute atomic E-state index is 11.0. The highest BCUT2D eigenvalue weighted by Gasteiger charge is 2.38. The highest BCUT2D eigenvalue weighted by Crippen LogP contribution is 2.50. The van der Waals surface area contributed by atoms with Gasteiger partial charge >= 0.3 is 0 Å². The predicted octanol–water partition coefficient (Wildman–Crippen LogP) is 6.89. The van der Waals surface area contributed by atoms with Crippen molar-refractivity contribution < 1.29 is 9.66 Å². The number of H-pyrrole nitrogens is 1. The van der Waals surface area contributed by atoms with Crippen LogP contribution in [-0.4, -0.2) is 26.3 Å². The number of aromatic nitrogens is 3. The highest BCUT2D eigenvalue weighted by atomic mass is 16.6. The van der Waals surface area contributed by atoms with E-state index in [2.05, 4.69) is 46.4 Å². The first-order valence-corrected chi connectivity index (χ1v) is 11.9. The lowest BCUT2D eigenvalue weighted by atomic mass is 9.82.